The van der Waals surface area contributed by atoms with E-state index in [2.05, 4.69) is 19.9 Å². The van der Waals surface area contributed by atoms with Crippen molar-refractivity contribution in [2.75, 3.05) is 0 Å². The van der Waals surface area contributed by atoms with Crippen molar-refractivity contribution in [1.29, 1.82) is 0 Å². The van der Waals surface area contributed by atoms with E-state index >= 15 is 0 Å². The fourth-order valence-corrected chi connectivity index (χ4v) is 2.98. The molecule has 2 aromatic heterocycles. The van der Waals surface area contributed by atoms with Crippen LogP contribution in [0.2, 0.25) is 0 Å². The van der Waals surface area contributed by atoms with E-state index in [-0.39, 0.29) is 10.6 Å². The van der Waals surface area contributed by atoms with Crippen LogP contribution >= 0.6 is 0 Å². The number of quaternary nitrogens is 1. The van der Waals surface area contributed by atoms with Crippen molar-refractivity contribution in [3.8, 4) is 0 Å². The summed E-state index contributed by atoms with van der Waals surface area (Å²) in [5.74, 6) is 0. The van der Waals surface area contributed by atoms with Gasteiger partial charge in [0.1, 0.15) is 12.2 Å². The monoisotopic (exact) mass is 460 g/mol. The Bertz CT molecular complexity index is 1290. The van der Waals surface area contributed by atoms with Crippen LogP contribution in [0.5, 0.6) is 0 Å². The van der Waals surface area contributed by atoms with Crippen LogP contribution in [-0.2, 0) is 6.54 Å². The normalized spacial score (nSPS) is 13.4. The second-order valence-electron chi connectivity index (χ2n) is 10.1. The molecule has 0 aliphatic carbocycles. The molecule has 0 aliphatic rings. The first-order valence-corrected chi connectivity index (χ1v) is 11.2. The molecular weight excluding hydrogens is 428 g/mol. The lowest BCUT2D eigenvalue weighted by molar-refractivity contribution is -0.911. The first kappa shape index (κ1) is 25.1. The number of rotatable bonds is 3. The fraction of sp³-hybridized carbons (Fsp3) is 0.346. The molecule has 4 aromatic rings. The van der Waals surface area contributed by atoms with Crippen LogP contribution in [0.1, 0.15) is 52.8 Å². The molecule has 8 heteroatoms. The van der Waals surface area contributed by atoms with Crippen molar-refractivity contribution in [2.24, 2.45) is 0 Å². The maximum Gasteiger partial charge on any atom is 0.202 e. The third-order valence-electron chi connectivity index (χ3n) is 5.15. The second kappa shape index (κ2) is 10.2. The SMILES string of the molecule is CC(C)(C)/[N+]([O-])=C\c1cnc2ccccc2n1.CC(C)(C)[NH+]([O-])Cc1cccc2nccnc12. The number of hydrogen-bond donors (Lipinski definition) is 1. The molecule has 2 aromatic carbocycles. The summed E-state index contributed by atoms with van der Waals surface area (Å²) < 4.78 is 0.895. The molecule has 0 fully saturated rings. The molecule has 0 aliphatic heterocycles. The van der Waals surface area contributed by atoms with Gasteiger partial charge in [-0.05, 0) is 39.0 Å². The summed E-state index contributed by atoms with van der Waals surface area (Å²) in [5, 5.41) is 24.0. The summed E-state index contributed by atoms with van der Waals surface area (Å²) in [6.45, 7) is 11.8. The van der Waals surface area contributed by atoms with Gasteiger partial charge in [0.15, 0.2) is 5.54 Å². The molecule has 0 spiro atoms. The molecule has 34 heavy (non-hydrogen) atoms. The van der Waals surface area contributed by atoms with Crippen LogP contribution in [-0.4, -0.2) is 42.0 Å². The zero-order valence-electron chi connectivity index (χ0n) is 20.6. The Morgan fingerprint density at radius 2 is 1.50 bits per heavy atom. The quantitative estimate of drug-likeness (QED) is 0.216. The van der Waals surface area contributed by atoms with Crippen LogP contribution < -0.4 is 5.06 Å². The molecule has 0 amide bonds. The summed E-state index contributed by atoms with van der Waals surface area (Å²) in [6, 6.07) is 13.4. The van der Waals surface area contributed by atoms with E-state index in [0.717, 1.165) is 32.4 Å². The molecule has 0 saturated heterocycles. The van der Waals surface area contributed by atoms with Gasteiger partial charge in [-0.1, -0.05) is 24.3 Å². The summed E-state index contributed by atoms with van der Waals surface area (Å²) in [4.78, 5) is 17.2. The Labute approximate surface area is 200 Å². The largest absolute Gasteiger partial charge is 0.634 e. The minimum absolute atomic E-state index is 0.218. The Kier molecular flexibility index (Phi) is 7.54. The zero-order valence-corrected chi connectivity index (χ0v) is 20.6. The highest BCUT2D eigenvalue weighted by atomic mass is 16.5. The van der Waals surface area contributed by atoms with E-state index in [0.29, 0.717) is 12.2 Å². The van der Waals surface area contributed by atoms with Crippen LogP contribution in [0.4, 0.5) is 0 Å². The molecule has 0 radical (unpaired) electrons. The molecule has 1 atom stereocenters. The van der Waals surface area contributed by atoms with Gasteiger partial charge in [0.05, 0.1) is 33.8 Å². The average molecular weight is 461 g/mol. The number of nitrogens with zero attached hydrogens (tertiary/aromatic N) is 5. The molecular formula is C26H32N6O2. The van der Waals surface area contributed by atoms with Crippen molar-refractivity contribution in [2.45, 2.75) is 59.2 Å². The highest BCUT2D eigenvalue weighted by molar-refractivity contribution is 5.80. The minimum atomic E-state index is -0.465. The molecule has 4 rings (SSSR count). The fourth-order valence-electron chi connectivity index (χ4n) is 2.98. The van der Waals surface area contributed by atoms with Gasteiger partial charge < -0.3 is 15.5 Å². The van der Waals surface area contributed by atoms with Gasteiger partial charge in [-0.15, -0.1) is 0 Å². The van der Waals surface area contributed by atoms with E-state index in [1.165, 1.54) is 6.21 Å². The van der Waals surface area contributed by atoms with E-state index in [1.54, 1.807) is 18.6 Å². The number of nitrogens with one attached hydrogen (secondary N) is 1. The van der Waals surface area contributed by atoms with Crippen LogP contribution in [0.15, 0.2) is 61.1 Å². The van der Waals surface area contributed by atoms with Gasteiger partial charge in [0.25, 0.3) is 0 Å². The smallest absolute Gasteiger partial charge is 0.202 e. The van der Waals surface area contributed by atoms with E-state index < -0.39 is 5.54 Å². The maximum absolute atomic E-state index is 12.0. The third-order valence-corrected chi connectivity index (χ3v) is 5.15. The van der Waals surface area contributed by atoms with Gasteiger partial charge in [0, 0.05) is 38.7 Å². The van der Waals surface area contributed by atoms with Crippen LogP contribution in [0, 0.1) is 10.4 Å². The number of benzene rings is 2. The van der Waals surface area contributed by atoms with E-state index in [9.17, 15) is 10.4 Å². The molecule has 178 valence electrons. The maximum atomic E-state index is 12.0. The van der Waals surface area contributed by atoms with Gasteiger partial charge >= 0.3 is 0 Å². The van der Waals surface area contributed by atoms with E-state index in [4.69, 9.17) is 0 Å². The van der Waals surface area contributed by atoms with Crippen molar-refractivity contribution in [1.82, 2.24) is 19.9 Å². The topological polar surface area (TPSA) is 105 Å². The van der Waals surface area contributed by atoms with Crippen LogP contribution in [0.3, 0.4) is 0 Å². The number of hydroxylamine groups is 3. The zero-order chi connectivity index (χ0) is 24.9. The van der Waals surface area contributed by atoms with Crippen molar-refractivity contribution in [3.63, 3.8) is 0 Å². The summed E-state index contributed by atoms with van der Waals surface area (Å²) in [6.07, 6.45) is 6.41. The lowest BCUT2D eigenvalue weighted by Crippen LogP contribution is -3.13. The Balaban J connectivity index is 0.000000191. The molecule has 2 heterocycles. The highest BCUT2D eigenvalue weighted by Gasteiger charge is 2.19. The van der Waals surface area contributed by atoms with Crippen molar-refractivity contribution >= 4 is 28.3 Å². The number of para-hydroxylation sites is 3. The molecule has 0 saturated carbocycles. The van der Waals surface area contributed by atoms with Gasteiger partial charge in [0.2, 0.25) is 6.21 Å². The van der Waals surface area contributed by atoms with Crippen molar-refractivity contribution in [3.05, 3.63) is 82.7 Å². The van der Waals surface area contributed by atoms with E-state index in [1.807, 2.05) is 84.0 Å². The van der Waals surface area contributed by atoms with Crippen LogP contribution in [0.25, 0.3) is 22.1 Å². The first-order chi connectivity index (χ1) is 15.9. The Morgan fingerprint density at radius 3 is 2.18 bits per heavy atom. The summed E-state index contributed by atoms with van der Waals surface area (Å²) in [7, 11) is 0. The third kappa shape index (κ3) is 6.52. The lowest BCUT2D eigenvalue weighted by Gasteiger charge is -2.35. The predicted molar refractivity (Wildman–Crippen MR) is 135 cm³/mol. The minimum Gasteiger partial charge on any atom is -0.634 e. The van der Waals surface area contributed by atoms with Gasteiger partial charge in [-0.3, -0.25) is 15.0 Å². The molecule has 1 unspecified atom stereocenters. The number of hydrogen-bond acceptors (Lipinski definition) is 6. The summed E-state index contributed by atoms with van der Waals surface area (Å²) in [5.41, 5.74) is 4.04. The second-order valence-corrected chi connectivity index (χ2v) is 10.1. The Hall–Kier alpha value is -3.49. The lowest BCUT2D eigenvalue weighted by atomic mass is 10.1. The van der Waals surface area contributed by atoms with Gasteiger partial charge in [-0.2, -0.15) is 0 Å². The standard InChI is InChI=1S/C13H17N3O.C13H15N3O/c1-13(2,3)16(17)9-10-5-4-6-11-12(10)15-8-7-14-11;1-13(2,3)16(17)9-10-8-14-11-6-4-5-7-12(11)15-10/h4-8,16H,9H2,1-3H3;4-9H,1-3H3/b;16-9+. The summed E-state index contributed by atoms with van der Waals surface area (Å²) >= 11 is 0. The Morgan fingerprint density at radius 1 is 0.853 bits per heavy atom. The molecule has 1 N–H and O–H groups in total. The molecule has 8 nitrogen and oxygen atoms in total. The number of fused-ring (bicyclic) bond motifs is 2. The van der Waals surface area contributed by atoms with Gasteiger partial charge in [-0.25, -0.2) is 9.72 Å². The predicted octanol–water partition coefficient (Wildman–Crippen LogP) is 3.67. The average Bonchev–Trinajstić information content (AvgIpc) is 2.78. The highest BCUT2D eigenvalue weighted by Crippen LogP contribution is 2.13. The molecule has 0 bridgehead atoms. The number of aromatic nitrogens is 4. The van der Waals surface area contributed by atoms with Crippen molar-refractivity contribution < 1.29 is 9.80 Å². The first-order valence-electron chi connectivity index (χ1n) is 11.2.